The Morgan fingerprint density at radius 2 is 1.69 bits per heavy atom. The number of aromatic amines is 1. The molecule has 152 valence electrons. The number of ether oxygens (including phenoxy) is 4. The number of carbonyl (C=O) groups is 2. The summed E-state index contributed by atoms with van der Waals surface area (Å²) in [5.41, 5.74) is 2.00. The van der Waals surface area contributed by atoms with Gasteiger partial charge in [-0.25, -0.2) is 4.79 Å². The Hall–Kier alpha value is -3.68. The monoisotopic (exact) mass is 398 g/mol. The lowest BCUT2D eigenvalue weighted by molar-refractivity contribution is 0.0526. The highest BCUT2D eigenvalue weighted by Crippen LogP contribution is 2.44. The first kappa shape index (κ1) is 20.1. The van der Waals surface area contributed by atoms with Crippen molar-refractivity contribution in [1.82, 2.24) is 4.98 Å². The van der Waals surface area contributed by atoms with Crippen molar-refractivity contribution in [2.75, 3.05) is 33.3 Å². The third-order valence-electron chi connectivity index (χ3n) is 4.37. The maximum Gasteiger partial charge on any atom is 0.338 e. The van der Waals surface area contributed by atoms with E-state index < -0.39 is 5.97 Å². The molecule has 3 aromatic rings. The van der Waals surface area contributed by atoms with Crippen LogP contribution in [0.4, 0.5) is 5.69 Å². The van der Waals surface area contributed by atoms with Gasteiger partial charge >= 0.3 is 5.97 Å². The van der Waals surface area contributed by atoms with E-state index in [1.54, 1.807) is 43.5 Å². The van der Waals surface area contributed by atoms with Crippen LogP contribution in [-0.2, 0) is 4.74 Å². The number of anilines is 1. The topological polar surface area (TPSA) is 98.9 Å². The van der Waals surface area contributed by atoms with E-state index in [9.17, 15) is 9.59 Å². The predicted molar refractivity (Wildman–Crippen MR) is 108 cm³/mol. The second-order valence-corrected chi connectivity index (χ2v) is 6.02. The molecule has 0 radical (unpaired) electrons. The van der Waals surface area contributed by atoms with Crippen molar-refractivity contribution < 1.29 is 28.5 Å². The summed E-state index contributed by atoms with van der Waals surface area (Å²) in [4.78, 5) is 27.7. The van der Waals surface area contributed by atoms with Crippen LogP contribution in [0.15, 0.2) is 36.5 Å². The van der Waals surface area contributed by atoms with Crippen molar-refractivity contribution in [3.63, 3.8) is 0 Å². The van der Waals surface area contributed by atoms with E-state index in [0.717, 1.165) is 0 Å². The van der Waals surface area contributed by atoms with Crippen LogP contribution in [0.5, 0.6) is 17.2 Å². The lowest BCUT2D eigenvalue weighted by Gasteiger charge is -2.14. The van der Waals surface area contributed by atoms with Crippen molar-refractivity contribution >= 4 is 28.5 Å². The van der Waals surface area contributed by atoms with Crippen LogP contribution >= 0.6 is 0 Å². The van der Waals surface area contributed by atoms with E-state index in [-0.39, 0.29) is 5.91 Å². The highest BCUT2D eigenvalue weighted by molar-refractivity contribution is 6.15. The minimum absolute atomic E-state index is 0.300. The first-order valence-corrected chi connectivity index (χ1v) is 8.92. The van der Waals surface area contributed by atoms with Crippen LogP contribution in [0, 0.1) is 0 Å². The fraction of sp³-hybridized carbons (Fsp3) is 0.238. The molecule has 0 aliphatic heterocycles. The van der Waals surface area contributed by atoms with Gasteiger partial charge in [-0.15, -0.1) is 0 Å². The summed E-state index contributed by atoms with van der Waals surface area (Å²) < 4.78 is 21.2. The van der Waals surface area contributed by atoms with E-state index in [0.29, 0.717) is 51.6 Å². The van der Waals surface area contributed by atoms with Crippen LogP contribution in [0.25, 0.3) is 10.9 Å². The first-order valence-electron chi connectivity index (χ1n) is 8.92. The van der Waals surface area contributed by atoms with E-state index in [1.165, 1.54) is 21.3 Å². The summed E-state index contributed by atoms with van der Waals surface area (Å²) in [5, 5.41) is 3.39. The molecule has 2 N–H and O–H groups in total. The van der Waals surface area contributed by atoms with Crippen molar-refractivity contribution in [2.24, 2.45) is 0 Å². The van der Waals surface area contributed by atoms with Crippen LogP contribution < -0.4 is 19.5 Å². The Morgan fingerprint density at radius 3 is 2.28 bits per heavy atom. The lowest BCUT2D eigenvalue weighted by atomic mass is 10.1. The smallest absolute Gasteiger partial charge is 0.338 e. The minimum Gasteiger partial charge on any atom is -0.493 e. The van der Waals surface area contributed by atoms with E-state index in [1.807, 2.05) is 0 Å². The summed E-state index contributed by atoms with van der Waals surface area (Å²) in [7, 11) is 4.53. The number of rotatable bonds is 7. The minimum atomic E-state index is -0.409. The van der Waals surface area contributed by atoms with Crippen molar-refractivity contribution in [3.8, 4) is 17.2 Å². The van der Waals surface area contributed by atoms with Crippen LogP contribution in [0.2, 0.25) is 0 Å². The first-order chi connectivity index (χ1) is 14.0. The number of esters is 1. The number of methoxy groups -OCH3 is 3. The zero-order valence-electron chi connectivity index (χ0n) is 16.6. The van der Waals surface area contributed by atoms with Gasteiger partial charge in [0.05, 0.1) is 50.0 Å². The molecular formula is C21H22N2O6. The van der Waals surface area contributed by atoms with E-state index in [4.69, 9.17) is 18.9 Å². The molecule has 8 heteroatoms. The molecule has 1 aromatic heterocycles. The molecule has 3 rings (SSSR count). The number of hydrogen-bond donors (Lipinski definition) is 2. The van der Waals surface area contributed by atoms with Gasteiger partial charge in [0, 0.05) is 18.0 Å². The van der Waals surface area contributed by atoms with Gasteiger partial charge < -0.3 is 29.2 Å². The van der Waals surface area contributed by atoms with Crippen LogP contribution in [0.3, 0.4) is 0 Å². The van der Waals surface area contributed by atoms with Gasteiger partial charge in [0.2, 0.25) is 5.75 Å². The summed E-state index contributed by atoms with van der Waals surface area (Å²) in [6, 6.07) is 8.20. The average molecular weight is 398 g/mol. The van der Waals surface area contributed by atoms with Gasteiger partial charge in [0.25, 0.3) is 5.91 Å². The summed E-state index contributed by atoms with van der Waals surface area (Å²) in [5.74, 6) is 0.527. The second-order valence-electron chi connectivity index (χ2n) is 6.02. The number of benzene rings is 2. The predicted octanol–water partition coefficient (Wildman–Crippen LogP) is 3.62. The van der Waals surface area contributed by atoms with E-state index >= 15 is 0 Å². The molecule has 0 atom stereocenters. The molecule has 0 bridgehead atoms. The molecule has 0 saturated carbocycles. The van der Waals surface area contributed by atoms with Gasteiger partial charge in [-0.05, 0) is 31.2 Å². The standard InChI is InChI=1S/C21H22N2O6/c1-5-29-21(25)12-6-8-13(9-7-12)23-20(24)14-11-22-15-10-16(26-2)18(27-3)19(28-4)17(14)15/h6-11,22H,5H2,1-4H3,(H,23,24). The average Bonchev–Trinajstić information content (AvgIpc) is 3.16. The quantitative estimate of drug-likeness (QED) is 0.590. The molecule has 0 spiro atoms. The van der Waals surface area contributed by atoms with Gasteiger partial charge in [-0.2, -0.15) is 0 Å². The van der Waals surface area contributed by atoms with Crippen LogP contribution in [-0.4, -0.2) is 44.8 Å². The highest BCUT2D eigenvalue weighted by Gasteiger charge is 2.23. The SMILES string of the molecule is CCOC(=O)c1ccc(NC(=O)c2c[nH]c3cc(OC)c(OC)c(OC)c23)cc1. The van der Waals surface area contributed by atoms with Crippen molar-refractivity contribution in [2.45, 2.75) is 6.92 Å². The molecule has 0 unspecified atom stereocenters. The number of amides is 1. The highest BCUT2D eigenvalue weighted by atomic mass is 16.5. The molecule has 1 amide bonds. The Labute approximate surface area is 167 Å². The number of nitrogens with one attached hydrogen (secondary N) is 2. The molecule has 0 fully saturated rings. The summed E-state index contributed by atoms with van der Waals surface area (Å²) in [6.45, 7) is 2.04. The Bertz CT molecular complexity index is 1040. The normalized spacial score (nSPS) is 10.5. The Balaban J connectivity index is 1.92. The maximum absolute atomic E-state index is 12.9. The molecule has 1 heterocycles. The number of fused-ring (bicyclic) bond motifs is 1. The molecule has 2 aromatic carbocycles. The zero-order chi connectivity index (χ0) is 21.0. The maximum atomic E-state index is 12.9. The third-order valence-corrected chi connectivity index (χ3v) is 4.37. The largest absolute Gasteiger partial charge is 0.493 e. The Morgan fingerprint density at radius 1 is 1.00 bits per heavy atom. The van der Waals surface area contributed by atoms with Crippen LogP contribution in [0.1, 0.15) is 27.6 Å². The van der Waals surface area contributed by atoms with Crippen molar-refractivity contribution in [1.29, 1.82) is 0 Å². The molecule has 0 aliphatic rings. The van der Waals surface area contributed by atoms with E-state index in [2.05, 4.69) is 10.3 Å². The zero-order valence-corrected chi connectivity index (χ0v) is 16.6. The summed E-state index contributed by atoms with van der Waals surface area (Å²) in [6.07, 6.45) is 1.59. The number of carbonyl (C=O) groups excluding carboxylic acids is 2. The van der Waals surface area contributed by atoms with Gasteiger partial charge in [0.15, 0.2) is 11.5 Å². The second kappa shape index (κ2) is 8.55. The fourth-order valence-corrected chi connectivity index (χ4v) is 3.04. The molecule has 29 heavy (non-hydrogen) atoms. The third kappa shape index (κ3) is 3.82. The molecule has 0 aliphatic carbocycles. The van der Waals surface area contributed by atoms with Crippen molar-refractivity contribution in [3.05, 3.63) is 47.7 Å². The lowest BCUT2D eigenvalue weighted by Crippen LogP contribution is -2.12. The number of hydrogen-bond acceptors (Lipinski definition) is 6. The Kier molecular flexibility index (Phi) is 5.92. The van der Waals surface area contributed by atoms with Gasteiger partial charge in [0.1, 0.15) is 0 Å². The fourth-order valence-electron chi connectivity index (χ4n) is 3.04. The number of aromatic nitrogens is 1. The molecular weight excluding hydrogens is 376 g/mol. The molecule has 8 nitrogen and oxygen atoms in total. The van der Waals surface area contributed by atoms with Gasteiger partial charge in [-0.1, -0.05) is 0 Å². The number of H-pyrrole nitrogens is 1. The molecule has 0 saturated heterocycles. The summed E-state index contributed by atoms with van der Waals surface area (Å²) >= 11 is 0. The van der Waals surface area contributed by atoms with Gasteiger partial charge in [-0.3, -0.25) is 4.79 Å².